The number of carboxylic acids is 1. The minimum atomic E-state index is -0.986. The second-order valence-corrected chi connectivity index (χ2v) is 10.1. The predicted molar refractivity (Wildman–Crippen MR) is 157 cm³/mol. The normalized spacial score (nSPS) is 14.0. The highest BCUT2D eigenvalue weighted by molar-refractivity contribution is 8.18. The summed E-state index contributed by atoms with van der Waals surface area (Å²) in [7, 11) is 0. The van der Waals surface area contributed by atoms with Gasteiger partial charge in [-0.15, -0.1) is 6.58 Å². The third kappa shape index (κ3) is 7.21. The molecule has 1 N–H and O–H groups in total. The van der Waals surface area contributed by atoms with Crippen LogP contribution < -0.4 is 9.47 Å². The van der Waals surface area contributed by atoms with Gasteiger partial charge < -0.3 is 14.6 Å². The van der Waals surface area contributed by atoms with Gasteiger partial charge in [-0.3, -0.25) is 14.5 Å². The standard InChI is InChI=1S/C32H31NO6S/c1-3-9-26-18-24(19-27(38-4-2)29(26)39-21-23-13-15-25(16-14-23)31(35)36)20-28-30(34)33(32(37)40-28)17-8-12-22-10-6-5-7-11-22/h3,5-7,10-11,13-16,18-20H,1,4,8-9,12,17,21H2,2H3,(H,35,36)/b28-20+. The molecular weight excluding hydrogens is 526 g/mol. The van der Waals surface area contributed by atoms with Crippen molar-refractivity contribution in [2.24, 2.45) is 0 Å². The van der Waals surface area contributed by atoms with Gasteiger partial charge in [-0.05, 0) is 85.0 Å². The Kier molecular flexibility index (Phi) is 9.81. The number of nitrogens with zero attached hydrogens (tertiary/aromatic N) is 1. The van der Waals surface area contributed by atoms with E-state index in [1.54, 1.807) is 30.4 Å². The predicted octanol–water partition coefficient (Wildman–Crippen LogP) is 6.76. The molecule has 0 unspecified atom stereocenters. The lowest BCUT2D eigenvalue weighted by molar-refractivity contribution is -0.122. The number of benzene rings is 3. The lowest BCUT2D eigenvalue weighted by Crippen LogP contribution is -2.29. The van der Waals surface area contributed by atoms with E-state index in [4.69, 9.17) is 14.6 Å². The first-order valence-electron chi connectivity index (χ1n) is 13.0. The molecular formula is C32H31NO6S. The molecule has 2 amide bonds. The maximum atomic E-state index is 13.1. The van der Waals surface area contributed by atoms with Gasteiger partial charge >= 0.3 is 5.97 Å². The summed E-state index contributed by atoms with van der Waals surface area (Å²) in [6.07, 6.45) is 5.44. The Balaban J connectivity index is 1.52. The van der Waals surface area contributed by atoms with Crippen LogP contribution in [0.1, 0.15) is 46.0 Å². The second-order valence-electron chi connectivity index (χ2n) is 9.15. The van der Waals surface area contributed by atoms with Crippen LogP contribution in [0.4, 0.5) is 4.79 Å². The Hall–Kier alpha value is -4.30. The van der Waals surface area contributed by atoms with Crippen molar-refractivity contribution in [2.45, 2.75) is 32.8 Å². The van der Waals surface area contributed by atoms with Crippen molar-refractivity contribution in [1.82, 2.24) is 4.90 Å². The molecule has 1 aliphatic rings. The van der Waals surface area contributed by atoms with E-state index in [1.807, 2.05) is 43.3 Å². The molecule has 206 valence electrons. The van der Waals surface area contributed by atoms with Crippen LogP contribution in [0.2, 0.25) is 0 Å². The molecule has 0 aromatic heterocycles. The lowest BCUT2D eigenvalue weighted by atomic mass is 10.0. The highest BCUT2D eigenvalue weighted by Crippen LogP contribution is 2.38. The first-order valence-corrected chi connectivity index (χ1v) is 13.9. The Morgan fingerprint density at radius 3 is 2.45 bits per heavy atom. The average Bonchev–Trinajstić information content (AvgIpc) is 3.21. The summed E-state index contributed by atoms with van der Waals surface area (Å²) in [4.78, 5) is 38.5. The number of thioether (sulfide) groups is 1. The molecule has 1 saturated heterocycles. The van der Waals surface area contributed by atoms with Gasteiger partial charge in [-0.25, -0.2) is 4.79 Å². The smallest absolute Gasteiger partial charge is 0.335 e. The molecule has 8 heteroatoms. The number of amides is 2. The number of hydrogen-bond donors (Lipinski definition) is 1. The zero-order valence-electron chi connectivity index (χ0n) is 22.3. The van der Waals surface area contributed by atoms with Crippen molar-refractivity contribution in [1.29, 1.82) is 0 Å². The Bertz CT molecular complexity index is 1420. The van der Waals surface area contributed by atoms with E-state index in [2.05, 4.69) is 6.58 Å². The molecule has 1 fully saturated rings. The first-order chi connectivity index (χ1) is 19.4. The van der Waals surface area contributed by atoms with Crippen LogP contribution in [0.25, 0.3) is 6.08 Å². The summed E-state index contributed by atoms with van der Waals surface area (Å²) in [5, 5.41) is 8.85. The van der Waals surface area contributed by atoms with E-state index in [0.717, 1.165) is 29.3 Å². The number of hydrogen-bond acceptors (Lipinski definition) is 6. The molecule has 40 heavy (non-hydrogen) atoms. The highest BCUT2D eigenvalue weighted by Gasteiger charge is 2.34. The molecule has 3 aromatic carbocycles. The van der Waals surface area contributed by atoms with Crippen molar-refractivity contribution in [3.63, 3.8) is 0 Å². The Morgan fingerprint density at radius 2 is 1.77 bits per heavy atom. The van der Waals surface area contributed by atoms with Crippen LogP contribution >= 0.6 is 11.8 Å². The van der Waals surface area contributed by atoms with E-state index >= 15 is 0 Å². The fourth-order valence-electron chi connectivity index (χ4n) is 4.33. The van der Waals surface area contributed by atoms with Gasteiger partial charge in [0.1, 0.15) is 6.61 Å². The van der Waals surface area contributed by atoms with E-state index in [-0.39, 0.29) is 23.3 Å². The van der Waals surface area contributed by atoms with Crippen LogP contribution in [0.15, 0.2) is 84.3 Å². The summed E-state index contributed by atoms with van der Waals surface area (Å²) in [6, 6.07) is 20.2. The Labute approximate surface area is 238 Å². The zero-order chi connectivity index (χ0) is 28.5. The van der Waals surface area contributed by atoms with Gasteiger partial charge in [0.25, 0.3) is 11.1 Å². The molecule has 0 atom stereocenters. The molecule has 0 radical (unpaired) electrons. The van der Waals surface area contributed by atoms with Crippen molar-refractivity contribution < 1.29 is 29.0 Å². The maximum Gasteiger partial charge on any atom is 0.335 e. The van der Waals surface area contributed by atoms with E-state index in [9.17, 15) is 14.4 Å². The third-order valence-corrected chi connectivity index (χ3v) is 7.17. The molecule has 1 heterocycles. The van der Waals surface area contributed by atoms with E-state index < -0.39 is 5.97 Å². The van der Waals surface area contributed by atoms with E-state index in [0.29, 0.717) is 48.0 Å². The monoisotopic (exact) mass is 557 g/mol. The summed E-state index contributed by atoms with van der Waals surface area (Å²) >= 11 is 0.941. The van der Waals surface area contributed by atoms with Gasteiger partial charge in [0.15, 0.2) is 11.5 Å². The van der Waals surface area contributed by atoms with Crippen molar-refractivity contribution >= 4 is 35.0 Å². The number of carbonyl (C=O) groups is 3. The van der Waals surface area contributed by atoms with Crippen molar-refractivity contribution in [2.75, 3.05) is 13.2 Å². The number of carbonyl (C=O) groups excluding carboxylic acids is 2. The molecule has 1 aliphatic heterocycles. The van der Waals surface area contributed by atoms with Gasteiger partial charge in [0.05, 0.1) is 17.1 Å². The average molecular weight is 558 g/mol. The first kappa shape index (κ1) is 28.7. The third-order valence-electron chi connectivity index (χ3n) is 6.26. The van der Waals surface area contributed by atoms with Gasteiger partial charge in [-0.1, -0.05) is 48.5 Å². The number of allylic oxidation sites excluding steroid dienone is 1. The SMILES string of the molecule is C=CCc1cc(/C=C2/SC(=O)N(CCCc3ccccc3)C2=O)cc(OCC)c1OCc1ccc(C(=O)O)cc1. The van der Waals surface area contributed by atoms with Gasteiger partial charge in [0.2, 0.25) is 0 Å². The molecule has 3 aromatic rings. The summed E-state index contributed by atoms with van der Waals surface area (Å²) in [5.41, 5.74) is 3.71. The van der Waals surface area contributed by atoms with E-state index in [1.165, 1.54) is 22.6 Å². The largest absolute Gasteiger partial charge is 0.490 e. The number of ether oxygens (including phenoxy) is 2. The van der Waals surface area contributed by atoms with Gasteiger partial charge in [-0.2, -0.15) is 0 Å². The molecule has 4 rings (SSSR count). The topological polar surface area (TPSA) is 93.1 Å². The molecule has 0 saturated carbocycles. The Morgan fingerprint density at radius 1 is 1.02 bits per heavy atom. The van der Waals surface area contributed by atoms with Crippen LogP contribution in [0, 0.1) is 0 Å². The zero-order valence-corrected chi connectivity index (χ0v) is 23.1. The summed E-state index contributed by atoms with van der Waals surface area (Å²) < 4.78 is 12.0. The van der Waals surface area contributed by atoms with Crippen LogP contribution in [-0.4, -0.2) is 40.3 Å². The molecule has 7 nitrogen and oxygen atoms in total. The van der Waals surface area contributed by atoms with Crippen molar-refractivity contribution in [3.05, 3.63) is 112 Å². The summed E-state index contributed by atoms with van der Waals surface area (Å²) in [6.45, 7) is 6.70. The quantitative estimate of drug-likeness (QED) is 0.183. The fourth-order valence-corrected chi connectivity index (χ4v) is 5.19. The van der Waals surface area contributed by atoms with Crippen LogP contribution in [0.5, 0.6) is 11.5 Å². The lowest BCUT2D eigenvalue weighted by Gasteiger charge is -2.17. The molecule has 0 bridgehead atoms. The molecule has 0 spiro atoms. The fraction of sp³-hybridized carbons (Fsp3) is 0.219. The number of rotatable bonds is 13. The number of carboxylic acid groups (broad SMARTS) is 1. The number of imide groups is 1. The second kappa shape index (κ2) is 13.7. The highest BCUT2D eigenvalue weighted by atomic mass is 32.2. The minimum absolute atomic E-state index is 0.205. The maximum absolute atomic E-state index is 13.1. The number of aromatic carboxylic acids is 1. The molecule has 0 aliphatic carbocycles. The summed E-state index contributed by atoms with van der Waals surface area (Å²) in [5.74, 6) is -0.219. The number of aryl methyl sites for hydroxylation is 1. The minimum Gasteiger partial charge on any atom is -0.490 e. The van der Waals surface area contributed by atoms with Crippen molar-refractivity contribution in [3.8, 4) is 11.5 Å². The van der Waals surface area contributed by atoms with Crippen LogP contribution in [0.3, 0.4) is 0 Å². The van der Waals surface area contributed by atoms with Crippen LogP contribution in [-0.2, 0) is 24.2 Å². The van der Waals surface area contributed by atoms with Gasteiger partial charge in [0, 0.05) is 12.1 Å².